The van der Waals surface area contributed by atoms with E-state index in [0.29, 0.717) is 6.61 Å². The van der Waals surface area contributed by atoms with Crippen molar-refractivity contribution in [2.24, 2.45) is 5.41 Å². The standard InChI is InChI=1S/C16H24N2O2/c1-3-16(10-5-11-17-12-16)15(19)18-13-6-8-14(9-7-13)20-4-2/h6-9,17H,3-5,10-12H2,1-2H3,(H,18,19). The lowest BCUT2D eigenvalue weighted by molar-refractivity contribution is -0.126. The first-order valence-electron chi connectivity index (χ1n) is 7.45. The van der Waals surface area contributed by atoms with E-state index in [1.807, 2.05) is 31.2 Å². The summed E-state index contributed by atoms with van der Waals surface area (Å²) in [5.74, 6) is 0.950. The Hall–Kier alpha value is -1.55. The second-order valence-corrected chi connectivity index (χ2v) is 5.33. The van der Waals surface area contributed by atoms with E-state index >= 15 is 0 Å². The molecule has 20 heavy (non-hydrogen) atoms. The number of nitrogens with one attached hydrogen (secondary N) is 2. The van der Waals surface area contributed by atoms with Crippen LogP contribution in [0.5, 0.6) is 5.75 Å². The van der Waals surface area contributed by atoms with Crippen LogP contribution in [0.1, 0.15) is 33.1 Å². The van der Waals surface area contributed by atoms with Crippen LogP contribution in [0, 0.1) is 5.41 Å². The van der Waals surface area contributed by atoms with Crippen molar-refractivity contribution in [3.63, 3.8) is 0 Å². The van der Waals surface area contributed by atoms with Gasteiger partial charge in [-0.15, -0.1) is 0 Å². The van der Waals surface area contributed by atoms with Crippen LogP contribution in [0.4, 0.5) is 5.69 Å². The van der Waals surface area contributed by atoms with E-state index in [1.165, 1.54) is 0 Å². The maximum atomic E-state index is 12.5. The molecule has 1 fully saturated rings. The topological polar surface area (TPSA) is 50.4 Å². The summed E-state index contributed by atoms with van der Waals surface area (Å²) >= 11 is 0. The van der Waals surface area contributed by atoms with Crippen LogP contribution < -0.4 is 15.4 Å². The summed E-state index contributed by atoms with van der Waals surface area (Å²) in [6.45, 7) is 6.47. The lowest BCUT2D eigenvalue weighted by atomic mass is 9.77. The van der Waals surface area contributed by atoms with Gasteiger partial charge in [0, 0.05) is 12.2 Å². The zero-order valence-electron chi connectivity index (χ0n) is 12.4. The Morgan fingerprint density at radius 2 is 2.10 bits per heavy atom. The molecular formula is C16H24N2O2. The highest BCUT2D eigenvalue weighted by Gasteiger charge is 2.37. The summed E-state index contributed by atoms with van der Waals surface area (Å²) in [5.41, 5.74) is 0.563. The summed E-state index contributed by atoms with van der Waals surface area (Å²) in [4.78, 5) is 12.5. The zero-order valence-corrected chi connectivity index (χ0v) is 12.4. The molecule has 4 nitrogen and oxygen atoms in total. The van der Waals surface area contributed by atoms with E-state index in [9.17, 15) is 4.79 Å². The third-order valence-corrected chi connectivity index (χ3v) is 4.05. The average molecular weight is 276 g/mol. The Morgan fingerprint density at radius 3 is 2.65 bits per heavy atom. The van der Waals surface area contributed by atoms with E-state index < -0.39 is 0 Å². The first-order valence-corrected chi connectivity index (χ1v) is 7.45. The predicted octanol–water partition coefficient (Wildman–Crippen LogP) is 2.80. The van der Waals surface area contributed by atoms with Crippen LogP contribution in [-0.2, 0) is 4.79 Å². The molecule has 1 aliphatic heterocycles. The molecule has 0 spiro atoms. The minimum atomic E-state index is -0.267. The van der Waals surface area contributed by atoms with Gasteiger partial charge in [0.2, 0.25) is 5.91 Å². The molecule has 2 rings (SSSR count). The summed E-state index contributed by atoms with van der Waals surface area (Å²) < 4.78 is 5.40. The fourth-order valence-corrected chi connectivity index (χ4v) is 2.69. The molecule has 0 aliphatic carbocycles. The SMILES string of the molecule is CCOc1ccc(NC(=O)C2(CC)CCCNC2)cc1. The van der Waals surface area contributed by atoms with E-state index in [0.717, 1.165) is 43.8 Å². The van der Waals surface area contributed by atoms with E-state index in [4.69, 9.17) is 4.74 Å². The maximum absolute atomic E-state index is 12.5. The lowest BCUT2D eigenvalue weighted by Gasteiger charge is -2.35. The molecule has 4 heteroatoms. The fraction of sp³-hybridized carbons (Fsp3) is 0.562. The number of hydrogen-bond donors (Lipinski definition) is 2. The molecular weight excluding hydrogens is 252 g/mol. The van der Waals surface area contributed by atoms with Gasteiger partial charge < -0.3 is 15.4 Å². The predicted molar refractivity (Wildman–Crippen MR) is 81.1 cm³/mol. The number of anilines is 1. The molecule has 1 unspecified atom stereocenters. The first-order chi connectivity index (χ1) is 9.70. The van der Waals surface area contributed by atoms with Crippen LogP contribution in [0.15, 0.2) is 24.3 Å². The van der Waals surface area contributed by atoms with Crippen molar-refractivity contribution in [2.45, 2.75) is 33.1 Å². The van der Waals surface area contributed by atoms with Crippen LogP contribution in [0.25, 0.3) is 0 Å². The van der Waals surface area contributed by atoms with Crippen LogP contribution in [0.3, 0.4) is 0 Å². The Labute approximate surface area is 120 Å². The molecule has 1 amide bonds. The Morgan fingerprint density at radius 1 is 1.35 bits per heavy atom. The van der Waals surface area contributed by atoms with Crippen molar-refractivity contribution in [2.75, 3.05) is 25.0 Å². The summed E-state index contributed by atoms with van der Waals surface area (Å²) in [7, 11) is 0. The van der Waals surface area contributed by atoms with Crippen molar-refractivity contribution in [3.05, 3.63) is 24.3 Å². The Balaban J connectivity index is 2.02. The molecule has 1 heterocycles. The molecule has 1 atom stereocenters. The number of carbonyl (C=O) groups excluding carboxylic acids is 1. The second-order valence-electron chi connectivity index (χ2n) is 5.33. The maximum Gasteiger partial charge on any atom is 0.231 e. The summed E-state index contributed by atoms with van der Waals surface area (Å²) in [6, 6.07) is 7.55. The van der Waals surface area contributed by atoms with Gasteiger partial charge in [0.15, 0.2) is 0 Å². The van der Waals surface area contributed by atoms with Gasteiger partial charge in [-0.2, -0.15) is 0 Å². The monoisotopic (exact) mass is 276 g/mol. The van der Waals surface area contributed by atoms with E-state index in [-0.39, 0.29) is 11.3 Å². The molecule has 0 saturated carbocycles. The number of carbonyl (C=O) groups is 1. The third-order valence-electron chi connectivity index (χ3n) is 4.05. The summed E-state index contributed by atoms with van der Waals surface area (Å²) in [5, 5.41) is 6.38. The van der Waals surface area contributed by atoms with Gasteiger partial charge >= 0.3 is 0 Å². The molecule has 0 bridgehead atoms. The molecule has 1 aliphatic rings. The van der Waals surface area contributed by atoms with Gasteiger partial charge in [-0.1, -0.05) is 6.92 Å². The van der Waals surface area contributed by atoms with Gasteiger partial charge in [-0.3, -0.25) is 4.79 Å². The van der Waals surface area contributed by atoms with Gasteiger partial charge in [-0.25, -0.2) is 0 Å². The lowest BCUT2D eigenvalue weighted by Crippen LogP contribution is -2.47. The van der Waals surface area contributed by atoms with Crippen LogP contribution >= 0.6 is 0 Å². The third kappa shape index (κ3) is 3.31. The van der Waals surface area contributed by atoms with E-state index in [1.54, 1.807) is 0 Å². The van der Waals surface area contributed by atoms with Gasteiger partial charge in [0.1, 0.15) is 5.75 Å². The number of hydrogen-bond acceptors (Lipinski definition) is 3. The normalized spacial score (nSPS) is 22.3. The minimum absolute atomic E-state index is 0.122. The second kappa shape index (κ2) is 6.75. The van der Waals surface area contributed by atoms with E-state index in [2.05, 4.69) is 17.6 Å². The molecule has 0 radical (unpaired) electrons. The molecule has 1 aromatic carbocycles. The summed E-state index contributed by atoms with van der Waals surface area (Å²) in [6.07, 6.45) is 2.88. The number of benzene rings is 1. The van der Waals surface area contributed by atoms with Crippen molar-refractivity contribution in [3.8, 4) is 5.75 Å². The highest BCUT2D eigenvalue weighted by atomic mass is 16.5. The number of piperidine rings is 1. The minimum Gasteiger partial charge on any atom is -0.494 e. The highest BCUT2D eigenvalue weighted by molar-refractivity contribution is 5.95. The van der Waals surface area contributed by atoms with Crippen molar-refractivity contribution in [1.82, 2.24) is 5.32 Å². The molecule has 2 N–H and O–H groups in total. The van der Waals surface area contributed by atoms with Crippen LogP contribution in [0.2, 0.25) is 0 Å². The number of ether oxygens (including phenoxy) is 1. The van der Waals surface area contributed by atoms with Gasteiger partial charge in [0.05, 0.1) is 12.0 Å². The van der Waals surface area contributed by atoms with Crippen molar-refractivity contribution >= 4 is 11.6 Å². The van der Waals surface area contributed by atoms with Crippen molar-refractivity contribution < 1.29 is 9.53 Å². The Bertz CT molecular complexity index is 436. The smallest absolute Gasteiger partial charge is 0.231 e. The largest absolute Gasteiger partial charge is 0.494 e. The molecule has 1 aromatic rings. The fourth-order valence-electron chi connectivity index (χ4n) is 2.69. The molecule has 1 saturated heterocycles. The zero-order chi connectivity index (χ0) is 14.4. The average Bonchev–Trinajstić information content (AvgIpc) is 2.50. The molecule has 0 aromatic heterocycles. The first kappa shape index (κ1) is 14.9. The van der Waals surface area contributed by atoms with Crippen molar-refractivity contribution in [1.29, 1.82) is 0 Å². The van der Waals surface area contributed by atoms with Crippen LogP contribution in [-0.4, -0.2) is 25.6 Å². The van der Waals surface area contributed by atoms with Gasteiger partial charge in [0.25, 0.3) is 0 Å². The highest BCUT2D eigenvalue weighted by Crippen LogP contribution is 2.31. The number of rotatable bonds is 5. The quantitative estimate of drug-likeness (QED) is 0.869. The van der Waals surface area contributed by atoms with Gasteiger partial charge in [-0.05, 0) is 57.0 Å². The molecule has 110 valence electrons. The number of amides is 1. The Kier molecular flexibility index (Phi) is 5.01.